The Morgan fingerprint density at radius 2 is 1.15 bits per heavy atom. The van der Waals surface area contributed by atoms with E-state index in [0.717, 1.165) is 12.5 Å². The van der Waals surface area contributed by atoms with E-state index in [1.54, 1.807) is 6.92 Å². The van der Waals surface area contributed by atoms with Crippen molar-refractivity contribution in [3.8, 4) is 29.2 Å². The molecule has 2 atom stereocenters. The first-order valence-corrected chi connectivity index (χ1v) is 26.1. The molecule has 81 heavy (non-hydrogen) atoms. The van der Waals surface area contributed by atoms with Crippen molar-refractivity contribution < 1.29 is 86.1 Å². The Morgan fingerprint density at radius 1 is 0.691 bits per heavy atom. The van der Waals surface area contributed by atoms with Gasteiger partial charge in [-0.2, -0.15) is 57.9 Å². The molecule has 8 N–H and O–H groups in total. The van der Waals surface area contributed by atoms with E-state index in [9.17, 15) is 82.5 Å². The number of nitrogen functional groups attached to an aromatic ring is 2. The van der Waals surface area contributed by atoms with Gasteiger partial charge in [0.25, 0.3) is 35.4 Å². The molecule has 2 fully saturated rings. The molecule has 4 aliphatic rings. The van der Waals surface area contributed by atoms with Gasteiger partial charge in [0.1, 0.15) is 11.4 Å². The number of rotatable bonds is 3. The lowest BCUT2D eigenvalue weighted by Crippen LogP contribution is -2.44. The van der Waals surface area contributed by atoms with Crippen molar-refractivity contribution in [2.24, 2.45) is 11.8 Å². The summed E-state index contributed by atoms with van der Waals surface area (Å²) >= 11 is 0. The summed E-state index contributed by atoms with van der Waals surface area (Å²) < 4.78 is 174. The average Bonchev–Trinajstić information content (AvgIpc) is 4.24. The Morgan fingerprint density at radius 3 is 1.60 bits per heavy atom. The number of alkyl halides is 12. The summed E-state index contributed by atoms with van der Waals surface area (Å²) in [5.41, 5.74) is -3.11. The maximum Gasteiger partial charge on any atom is 0.426 e. The van der Waals surface area contributed by atoms with Gasteiger partial charge >= 0.3 is 24.7 Å². The van der Waals surface area contributed by atoms with Crippen LogP contribution in [0.1, 0.15) is 174 Å². The normalized spacial score (nSPS) is 22.5. The third kappa shape index (κ3) is 15.8. The zero-order chi connectivity index (χ0) is 60.3. The van der Waals surface area contributed by atoms with Crippen LogP contribution in [0.2, 0.25) is 0 Å². The van der Waals surface area contributed by atoms with Crippen LogP contribution in [0.3, 0.4) is 0 Å². The van der Waals surface area contributed by atoms with E-state index >= 15 is 0 Å². The number of carbonyl (C=O) groups is 3. The number of fused-ring (bicyclic) bond motifs is 10. The fourth-order valence-corrected chi connectivity index (χ4v) is 9.47. The van der Waals surface area contributed by atoms with Crippen molar-refractivity contribution in [3.05, 3.63) is 46.4 Å². The molecule has 19 nitrogen and oxygen atoms in total. The van der Waals surface area contributed by atoms with Gasteiger partial charge in [-0.1, -0.05) is 46.0 Å². The van der Waals surface area contributed by atoms with Gasteiger partial charge in [-0.05, 0) is 95.1 Å². The number of hydrogen-bond donors (Lipinski definition) is 6. The van der Waals surface area contributed by atoms with Crippen LogP contribution in [0.25, 0.3) is 23.2 Å². The number of amides is 3. The number of nitrogens with two attached hydrogens (primary N) is 2. The highest BCUT2D eigenvalue weighted by Gasteiger charge is 2.60. The molecule has 0 aromatic carbocycles. The molecule has 2 aliphatic carbocycles. The van der Waals surface area contributed by atoms with Crippen molar-refractivity contribution in [2.75, 3.05) is 31.1 Å². The molecule has 0 saturated heterocycles. The molecule has 8 bridgehead atoms. The van der Waals surface area contributed by atoms with Gasteiger partial charge in [-0.15, -0.1) is 20.4 Å². The molecule has 8 rings (SSSR count). The topological polar surface area (TPSA) is 298 Å². The number of nitriles is 1. The average molecular weight is 1170 g/mol. The fourth-order valence-electron chi connectivity index (χ4n) is 9.47. The Kier molecular flexibility index (Phi) is 21.5. The first-order chi connectivity index (χ1) is 37.9. The highest BCUT2D eigenvalue weighted by molar-refractivity contribution is 5.96. The van der Waals surface area contributed by atoms with Crippen molar-refractivity contribution in [3.63, 3.8) is 0 Å². The lowest BCUT2D eigenvalue weighted by atomic mass is 9.86. The van der Waals surface area contributed by atoms with Gasteiger partial charge in [0.05, 0.1) is 28.6 Å². The maximum atomic E-state index is 14.0. The zero-order valence-corrected chi connectivity index (χ0v) is 44.2. The van der Waals surface area contributed by atoms with E-state index < -0.39 is 135 Å². The molecule has 0 radical (unpaired) electrons. The highest BCUT2D eigenvalue weighted by Crippen LogP contribution is 2.46. The van der Waals surface area contributed by atoms with Gasteiger partial charge in [0, 0.05) is 38.5 Å². The van der Waals surface area contributed by atoms with E-state index in [4.69, 9.17) is 20.3 Å². The maximum absolute atomic E-state index is 14.0. The van der Waals surface area contributed by atoms with Gasteiger partial charge < -0.3 is 46.0 Å². The summed E-state index contributed by atoms with van der Waals surface area (Å²) in [6, 6.07) is 2.51. The molecule has 3 amide bonds. The number of carbonyl (C=O) groups excluding carboxylic acids is 3. The summed E-state index contributed by atoms with van der Waals surface area (Å²) in [7, 11) is 0. The first-order valence-electron chi connectivity index (χ1n) is 26.1. The number of aromatic nitrogens is 6. The van der Waals surface area contributed by atoms with Gasteiger partial charge in [-0.25, -0.2) is 9.97 Å². The molecular formula is C50H62F12N12O7. The minimum Gasteiger partial charge on any atom is -0.416 e. The number of halogens is 12. The molecule has 448 valence electrons. The molecule has 4 aromatic heterocycles. The zero-order valence-electron chi connectivity index (χ0n) is 44.2. The largest absolute Gasteiger partial charge is 0.426 e. The van der Waals surface area contributed by atoms with E-state index in [1.807, 2.05) is 13.8 Å². The highest BCUT2D eigenvalue weighted by atomic mass is 19.4. The number of anilines is 2. The van der Waals surface area contributed by atoms with Crippen LogP contribution in [-0.2, 0) is 28.3 Å². The van der Waals surface area contributed by atoms with Crippen LogP contribution in [0, 0.1) is 23.2 Å². The molecule has 4 aromatic rings. The quantitative estimate of drug-likeness (QED) is 0.104. The van der Waals surface area contributed by atoms with Crippen LogP contribution in [0.5, 0.6) is 0 Å². The third-order valence-corrected chi connectivity index (χ3v) is 13.9. The fraction of sp³-hybridized carbons (Fsp3) is 0.640. The molecular weight excluding hydrogens is 1110 g/mol. The second-order valence-electron chi connectivity index (χ2n) is 19.6. The van der Waals surface area contributed by atoms with E-state index in [0.29, 0.717) is 37.8 Å². The van der Waals surface area contributed by atoms with E-state index in [1.165, 1.54) is 37.0 Å². The van der Waals surface area contributed by atoms with E-state index in [2.05, 4.69) is 47.1 Å². The second kappa shape index (κ2) is 26.8. The van der Waals surface area contributed by atoms with Crippen molar-refractivity contribution >= 4 is 29.1 Å². The minimum atomic E-state index is -5.19. The first kappa shape index (κ1) is 65.0. The van der Waals surface area contributed by atoms with Crippen LogP contribution in [0.15, 0.2) is 21.0 Å². The summed E-state index contributed by atoms with van der Waals surface area (Å²) in [5.74, 6) is -5.50. The number of hydrogen-bond acceptors (Lipinski definition) is 16. The summed E-state index contributed by atoms with van der Waals surface area (Å²) in [5, 5.41) is 48.3. The smallest absolute Gasteiger partial charge is 0.416 e. The monoisotopic (exact) mass is 1170 g/mol. The summed E-state index contributed by atoms with van der Waals surface area (Å²) in [6.07, 6.45) is -13.4. The molecule has 6 heterocycles. The van der Waals surface area contributed by atoms with Crippen molar-refractivity contribution in [1.29, 1.82) is 5.26 Å². The minimum absolute atomic E-state index is 0.0533. The number of nitrogens with zero attached hydrogens (tertiary/aromatic N) is 8. The third-order valence-electron chi connectivity index (χ3n) is 13.9. The number of pyridine rings is 2. The van der Waals surface area contributed by atoms with Crippen molar-refractivity contribution in [1.82, 2.24) is 45.9 Å². The second-order valence-corrected chi connectivity index (χ2v) is 19.6. The van der Waals surface area contributed by atoms with Gasteiger partial charge in [-0.3, -0.25) is 14.4 Å². The lowest BCUT2D eigenvalue weighted by Gasteiger charge is -2.36. The van der Waals surface area contributed by atoms with Crippen LogP contribution < -0.4 is 22.1 Å². The summed E-state index contributed by atoms with van der Waals surface area (Å²) in [4.78, 5) is 45.0. The van der Waals surface area contributed by atoms with Crippen LogP contribution >= 0.6 is 0 Å². The Bertz CT molecular complexity index is 2820. The SMILES string of the molecule is CC.CC(=O)NCC1CCCCC1.N#CC1CCC(N2CCCCCC(O)(C(F)(F)F)c3nnc(o3)-c3nc(c(C(F)(F)F)cc3N)C2=O)CC1.Nc1cc(C(F)(F)F)c2nc1-c1nnc(o1)C(O)(C(F)(F)F)CCCCCNC2=O. The molecule has 31 heteroatoms. The lowest BCUT2D eigenvalue weighted by molar-refractivity contribution is -0.277. The standard InChI is InChI=1S/C23H24F6N6O3.C16H15F6N5O3.C9H17NO.C2H6/c24-22(25,26)14-10-15(31)17-18-33-34-20(38-18)21(37,23(27,28)29)8-2-1-3-9-35(19(36)16(14)32-17)13-6-4-12(11-30)5-7-13;17-15(18,19)7-6-8(23)10-12-26-27-13(30-12)14(29,16(20,21)22)4-2-1-3-5-24-11(28)9(7)25-10;1-8(11)10-7-9-5-3-2-4-6-9;1-2/h10,12-13,37H,1-9,31H2;6,29H,1-5,23H2,(H,24,28);9H,2-7H2,1H3,(H,10,11);1-2H3. The molecule has 2 saturated carbocycles. The van der Waals surface area contributed by atoms with Gasteiger partial charge in [0.2, 0.25) is 17.1 Å². The summed E-state index contributed by atoms with van der Waals surface area (Å²) in [6.45, 7) is 6.32. The predicted octanol–water partition coefficient (Wildman–Crippen LogP) is 10.1. The molecule has 2 unspecified atom stereocenters. The Balaban J connectivity index is 0.000000248. The molecule has 0 spiro atoms. The molecule has 2 aliphatic heterocycles. The van der Waals surface area contributed by atoms with Crippen LogP contribution in [0.4, 0.5) is 64.1 Å². The Hall–Kier alpha value is -6.84. The van der Waals surface area contributed by atoms with E-state index in [-0.39, 0.29) is 63.4 Å². The van der Waals surface area contributed by atoms with Crippen molar-refractivity contribution in [2.45, 2.75) is 172 Å². The predicted molar refractivity (Wildman–Crippen MR) is 262 cm³/mol. The number of aliphatic hydroxyl groups is 2. The number of nitrogens with one attached hydrogen (secondary N) is 2. The Labute approximate surface area is 456 Å². The van der Waals surface area contributed by atoms with Crippen LogP contribution in [-0.4, -0.2) is 101 Å². The van der Waals surface area contributed by atoms with Gasteiger partial charge in [0.15, 0.2) is 11.4 Å².